The van der Waals surface area contributed by atoms with Gasteiger partial charge >= 0.3 is 0 Å². The maximum atomic E-state index is 3.56. The van der Waals surface area contributed by atoms with Gasteiger partial charge in [0.15, 0.2) is 0 Å². The zero-order valence-electron chi connectivity index (χ0n) is 7.90. The van der Waals surface area contributed by atoms with Gasteiger partial charge in [-0.3, -0.25) is 0 Å². The summed E-state index contributed by atoms with van der Waals surface area (Å²) in [4.78, 5) is 0. The van der Waals surface area contributed by atoms with Gasteiger partial charge in [-0.25, -0.2) is 0 Å². The van der Waals surface area contributed by atoms with Gasteiger partial charge in [-0.2, -0.15) is 0 Å². The fourth-order valence-corrected chi connectivity index (χ4v) is 2.34. The second-order valence-corrected chi connectivity index (χ2v) is 7.34. The Balaban J connectivity index is 2.82. The summed E-state index contributed by atoms with van der Waals surface area (Å²) in [6, 6.07) is 0. The average molecular weight is 296 g/mol. The molecule has 1 unspecified atom stereocenters. The lowest BCUT2D eigenvalue weighted by Crippen LogP contribution is -2.24. The first-order valence-corrected chi connectivity index (χ1v) is 6.26. The summed E-state index contributed by atoms with van der Waals surface area (Å²) in [5, 5.41) is 0. The molecule has 0 aromatic carbocycles. The number of hydrogen-bond acceptors (Lipinski definition) is 0. The van der Waals surface area contributed by atoms with Crippen LogP contribution in [0.4, 0.5) is 0 Å². The molecular weight excluding hydrogens is 280 g/mol. The van der Waals surface area contributed by atoms with Crippen molar-refractivity contribution in [2.45, 2.75) is 37.3 Å². The molecule has 0 nitrogen and oxygen atoms in total. The van der Waals surface area contributed by atoms with Gasteiger partial charge in [0.2, 0.25) is 0 Å². The van der Waals surface area contributed by atoms with Crippen LogP contribution in [0.15, 0.2) is 11.6 Å². The van der Waals surface area contributed by atoms with Gasteiger partial charge in [0, 0.05) is 0 Å². The third-order valence-electron chi connectivity index (χ3n) is 2.97. The Morgan fingerprint density at radius 2 is 2.08 bits per heavy atom. The predicted octanol–water partition coefficient (Wildman–Crippen LogP) is 4.48. The molecule has 12 heavy (non-hydrogen) atoms. The molecule has 1 atom stereocenters. The molecule has 1 aliphatic carbocycles. The molecule has 0 radical (unpaired) electrons. The SMILES string of the molecule is CC1CCC(C(Br)Br)=CC1(C)C. The molecule has 0 aromatic rings. The fourth-order valence-electron chi connectivity index (χ4n) is 1.62. The zero-order valence-corrected chi connectivity index (χ0v) is 11.1. The van der Waals surface area contributed by atoms with Crippen molar-refractivity contribution in [1.82, 2.24) is 0 Å². The van der Waals surface area contributed by atoms with Gasteiger partial charge in [0.05, 0.1) is 3.74 Å². The van der Waals surface area contributed by atoms with Crippen LogP contribution in [-0.4, -0.2) is 3.74 Å². The van der Waals surface area contributed by atoms with Gasteiger partial charge < -0.3 is 0 Å². The number of halogens is 2. The summed E-state index contributed by atoms with van der Waals surface area (Å²) in [5.41, 5.74) is 1.87. The predicted molar refractivity (Wildman–Crippen MR) is 61.9 cm³/mol. The highest BCUT2D eigenvalue weighted by Gasteiger charge is 2.29. The van der Waals surface area contributed by atoms with E-state index in [1.54, 1.807) is 0 Å². The van der Waals surface area contributed by atoms with Gasteiger partial charge in [-0.15, -0.1) is 0 Å². The molecule has 2 heteroatoms. The Kier molecular flexibility index (Phi) is 3.44. The summed E-state index contributed by atoms with van der Waals surface area (Å²) >= 11 is 7.11. The number of hydrogen-bond donors (Lipinski definition) is 0. The molecule has 1 aliphatic rings. The van der Waals surface area contributed by atoms with Gasteiger partial charge in [0.25, 0.3) is 0 Å². The fraction of sp³-hybridized carbons (Fsp3) is 0.800. The summed E-state index contributed by atoms with van der Waals surface area (Å²) in [7, 11) is 0. The first-order valence-electron chi connectivity index (χ1n) is 4.43. The maximum Gasteiger partial charge on any atom is 0.0906 e. The minimum atomic E-state index is 0.368. The largest absolute Gasteiger partial charge is 0.0906 e. The van der Waals surface area contributed by atoms with Crippen LogP contribution in [0.3, 0.4) is 0 Å². The van der Waals surface area contributed by atoms with Crippen LogP contribution in [0.5, 0.6) is 0 Å². The number of allylic oxidation sites excluding steroid dienone is 2. The number of alkyl halides is 2. The highest BCUT2D eigenvalue weighted by atomic mass is 79.9. The van der Waals surface area contributed by atoms with E-state index in [0.29, 0.717) is 9.15 Å². The van der Waals surface area contributed by atoms with Crippen LogP contribution in [0, 0.1) is 11.3 Å². The van der Waals surface area contributed by atoms with E-state index >= 15 is 0 Å². The van der Waals surface area contributed by atoms with E-state index in [0.717, 1.165) is 5.92 Å². The number of rotatable bonds is 1. The topological polar surface area (TPSA) is 0 Å². The molecule has 0 spiro atoms. The molecule has 70 valence electrons. The summed E-state index contributed by atoms with van der Waals surface area (Å²) < 4.78 is 0.372. The minimum Gasteiger partial charge on any atom is -0.0774 e. The van der Waals surface area contributed by atoms with Crippen LogP contribution in [0.2, 0.25) is 0 Å². The molecule has 0 bridgehead atoms. The van der Waals surface area contributed by atoms with Crippen molar-refractivity contribution < 1.29 is 0 Å². The Morgan fingerprint density at radius 3 is 2.50 bits per heavy atom. The lowest BCUT2D eigenvalue weighted by Gasteiger charge is -2.35. The minimum absolute atomic E-state index is 0.368. The molecular formula is C10H16Br2. The van der Waals surface area contributed by atoms with Crippen LogP contribution in [-0.2, 0) is 0 Å². The van der Waals surface area contributed by atoms with Crippen LogP contribution < -0.4 is 0 Å². The Bertz CT molecular complexity index is 192. The molecule has 1 rings (SSSR count). The van der Waals surface area contributed by atoms with E-state index in [2.05, 4.69) is 58.7 Å². The molecule has 0 fully saturated rings. The summed E-state index contributed by atoms with van der Waals surface area (Å²) in [5.74, 6) is 0.806. The van der Waals surface area contributed by atoms with E-state index in [1.807, 2.05) is 0 Å². The highest BCUT2D eigenvalue weighted by Crippen LogP contribution is 2.41. The van der Waals surface area contributed by atoms with E-state index in [1.165, 1.54) is 18.4 Å². The lowest BCUT2D eigenvalue weighted by atomic mass is 9.72. The van der Waals surface area contributed by atoms with Crippen molar-refractivity contribution in [2.24, 2.45) is 11.3 Å². The van der Waals surface area contributed by atoms with Crippen molar-refractivity contribution >= 4 is 31.9 Å². The molecule has 0 N–H and O–H groups in total. The van der Waals surface area contributed by atoms with Crippen LogP contribution in [0.1, 0.15) is 33.6 Å². The Labute approximate surface area is 92.1 Å². The molecule has 0 heterocycles. The van der Waals surface area contributed by atoms with E-state index in [4.69, 9.17) is 0 Å². The Morgan fingerprint density at radius 1 is 1.50 bits per heavy atom. The molecule has 0 saturated carbocycles. The molecule has 0 aromatic heterocycles. The third kappa shape index (κ3) is 2.35. The van der Waals surface area contributed by atoms with Crippen molar-refractivity contribution in [3.63, 3.8) is 0 Å². The van der Waals surface area contributed by atoms with Crippen molar-refractivity contribution in [2.75, 3.05) is 0 Å². The average Bonchev–Trinajstić information content (AvgIpc) is 1.94. The highest BCUT2D eigenvalue weighted by molar-refractivity contribution is 9.24. The Hall–Kier alpha value is 0.700. The van der Waals surface area contributed by atoms with Gasteiger partial charge in [0.1, 0.15) is 0 Å². The van der Waals surface area contributed by atoms with E-state index in [9.17, 15) is 0 Å². The molecule has 0 amide bonds. The smallest absolute Gasteiger partial charge is 0.0774 e. The lowest BCUT2D eigenvalue weighted by molar-refractivity contribution is 0.271. The normalized spacial score (nSPS) is 28.8. The second-order valence-electron chi connectivity index (χ2n) is 4.28. The monoisotopic (exact) mass is 294 g/mol. The van der Waals surface area contributed by atoms with Gasteiger partial charge in [-0.1, -0.05) is 58.7 Å². The summed E-state index contributed by atoms with van der Waals surface area (Å²) in [6.45, 7) is 6.98. The van der Waals surface area contributed by atoms with E-state index in [-0.39, 0.29) is 0 Å². The van der Waals surface area contributed by atoms with Crippen molar-refractivity contribution in [1.29, 1.82) is 0 Å². The first-order chi connectivity index (χ1) is 5.43. The maximum absolute atomic E-state index is 3.56. The van der Waals surface area contributed by atoms with E-state index < -0.39 is 0 Å². The summed E-state index contributed by atoms with van der Waals surface area (Å²) in [6.07, 6.45) is 4.95. The quantitative estimate of drug-likeness (QED) is 0.494. The molecule has 0 saturated heterocycles. The molecule has 0 aliphatic heterocycles. The third-order valence-corrected chi connectivity index (χ3v) is 4.15. The standard InChI is InChI=1S/C10H16Br2/c1-7-4-5-8(9(11)12)6-10(7,2)3/h6-7,9H,4-5H2,1-3H3. The van der Waals surface area contributed by atoms with Crippen LogP contribution in [0.25, 0.3) is 0 Å². The second kappa shape index (κ2) is 3.83. The first kappa shape index (κ1) is 10.8. The van der Waals surface area contributed by atoms with Crippen LogP contribution >= 0.6 is 31.9 Å². The zero-order chi connectivity index (χ0) is 9.35. The van der Waals surface area contributed by atoms with Crippen molar-refractivity contribution in [3.8, 4) is 0 Å². The van der Waals surface area contributed by atoms with Crippen molar-refractivity contribution in [3.05, 3.63) is 11.6 Å². The van der Waals surface area contributed by atoms with Gasteiger partial charge in [-0.05, 0) is 29.7 Å².